The maximum absolute atomic E-state index is 12.2. The zero-order valence-electron chi connectivity index (χ0n) is 12.7. The first-order valence-corrected chi connectivity index (χ1v) is 7.77. The van der Waals surface area contributed by atoms with Crippen molar-refractivity contribution in [2.45, 2.75) is 20.3 Å². The molecule has 2 rings (SSSR count). The number of hydrogen-bond donors (Lipinski definition) is 2. The predicted molar refractivity (Wildman–Crippen MR) is 96.2 cm³/mol. The van der Waals surface area contributed by atoms with E-state index in [1.54, 1.807) is 0 Å². The molecule has 0 unspecified atom stereocenters. The Morgan fingerprint density at radius 3 is 2.50 bits per heavy atom. The monoisotopic (exact) mass is 385 g/mol. The largest absolute Gasteiger partial charge is 0.352 e. The maximum atomic E-state index is 12.2. The number of aryl methyl sites for hydroxylation is 1. The van der Waals surface area contributed by atoms with Crippen LogP contribution >= 0.6 is 28.3 Å². The number of halogens is 2. The number of hydrogen-bond acceptors (Lipinski definition) is 2. The van der Waals surface area contributed by atoms with E-state index in [9.17, 15) is 4.79 Å². The van der Waals surface area contributed by atoms with Gasteiger partial charge in [-0.1, -0.05) is 15.9 Å². The van der Waals surface area contributed by atoms with Gasteiger partial charge in [-0.25, -0.2) is 0 Å². The number of benzene rings is 1. The quantitative estimate of drug-likeness (QED) is 0.774. The average molecular weight is 387 g/mol. The van der Waals surface area contributed by atoms with Crippen molar-refractivity contribution in [1.82, 2.24) is 9.88 Å². The maximum Gasteiger partial charge on any atom is 0.253 e. The van der Waals surface area contributed by atoms with E-state index in [0.717, 1.165) is 28.0 Å². The summed E-state index contributed by atoms with van der Waals surface area (Å²) in [7, 11) is 0. The van der Waals surface area contributed by atoms with Gasteiger partial charge in [0.15, 0.2) is 0 Å². The fourth-order valence-electron chi connectivity index (χ4n) is 2.38. The highest BCUT2D eigenvalue weighted by Crippen LogP contribution is 2.22. The minimum atomic E-state index is -0.0417. The van der Waals surface area contributed by atoms with Crippen molar-refractivity contribution in [3.05, 3.63) is 51.8 Å². The molecular weight excluding hydrogens is 366 g/mol. The number of nitrogens with zero attached hydrogens (tertiary/aromatic N) is 1. The van der Waals surface area contributed by atoms with Gasteiger partial charge in [0.05, 0.1) is 5.56 Å². The van der Waals surface area contributed by atoms with E-state index in [1.807, 2.05) is 44.2 Å². The van der Waals surface area contributed by atoms with E-state index in [2.05, 4.69) is 25.8 Å². The van der Waals surface area contributed by atoms with E-state index in [1.165, 1.54) is 0 Å². The van der Waals surface area contributed by atoms with Crippen molar-refractivity contribution < 1.29 is 4.79 Å². The second-order valence-electron chi connectivity index (χ2n) is 4.99. The molecule has 0 spiro atoms. The number of rotatable bonds is 5. The minimum absolute atomic E-state index is 0. The summed E-state index contributed by atoms with van der Waals surface area (Å²) in [5.74, 6) is -0.0417. The lowest BCUT2D eigenvalue weighted by Crippen LogP contribution is -2.26. The van der Waals surface area contributed by atoms with Gasteiger partial charge in [0.25, 0.3) is 5.91 Å². The Hall–Kier alpha value is -1.30. The summed E-state index contributed by atoms with van der Waals surface area (Å²) in [4.78, 5) is 12.2. The molecule has 0 saturated carbocycles. The molecule has 0 aliphatic heterocycles. The molecule has 1 heterocycles. The van der Waals surface area contributed by atoms with Gasteiger partial charge in [0.1, 0.15) is 0 Å². The molecule has 22 heavy (non-hydrogen) atoms. The Morgan fingerprint density at radius 2 is 1.91 bits per heavy atom. The number of amides is 1. The van der Waals surface area contributed by atoms with Gasteiger partial charge in [-0.3, -0.25) is 4.79 Å². The molecule has 0 fully saturated rings. The Morgan fingerprint density at radius 1 is 1.27 bits per heavy atom. The van der Waals surface area contributed by atoms with Gasteiger partial charge in [0, 0.05) is 28.1 Å². The highest BCUT2D eigenvalue weighted by Gasteiger charge is 2.16. The SMILES string of the molecule is Cc1cc(C(=O)NCCCN)c(C)n1-c1ccc(Br)cc1.Cl. The lowest BCUT2D eigenvalue weighted by molar-refractivity contribution is 0.0953. The zero-order valence-corrected chi connectivity index (χ0v) is 15.1. The van der Waals surface area contributed by atoms with Gasteiger partial charge < -0.3 is 15.6 Å². The summed E-state index contributed by atoms with van der Waals surface area (Å²) in [6, 6.07) is 9.97. The van der Waals surface area contributed by atoms with Gasteiger partial charge in [-0.2, -0.15) is 0 Å². The Labute approximate surface area is 145 Å². The molecule has 6 heteroatoms. The second kappa shape index (κ2) is 8.36. The first kappa shape index (κ1) is 18.7. The molecule has 0 radical (unpaired) electrons. The first-order chi connectivity index (χ1) is 10.0. The third kappa shape index (κ3) is 4.12. The Balaban J connectivity index is 0.00000242. The number of carbonyl (C=O) groups is 1. The molecule has 0 saturated heterocycles. The molecule has 0 bridgehead atoms. The number of carbonyl (C=O) groups excluding carboxylic acids is 1. The van der Waals surface area contributed by atoms with E-state index in [-0.39, 0.29) is 18.3 Å². The molecule has 2 aromatic rings. The van der Waals surface area contributed by atoms with Crippen LogP contribution in [0, 0.1) is 13.8 Å². The molecule has 0 aliphatic rings. The van der Waals surface area contributed by atoms with E-state index < -0.39 is 0 Å². The van der Waals surface area contributed by atoms with E-state index in [4.69, 9.17) is 5.73 Å². The molecule has 120 valence electrons. The minimum Gasteiger partial charge on any atom is -0.352 e. The van der Waals surface area contributed by atoms with Crippen LogP contribution in [0.2, 0.25) is 0 Å². The fraction of sp³-hybridized carbons (Fsp3) is 0.312. The molecular formula is C16H21BrClN3O. The molecule has 4 nitrogen and oxygen atoms in total. The van der Waals surface area contributed by atoms with Gasteiger partial charge in [-0.15, -0.1) is 12.4 Å². The van der Waals surface area contributed by atoms with Crippen molar-refractivity contribution in [2.24, 2.45) is 5.73 Å². The van der Waals surface area contributed by atoms with Crippen molar-refractivity contribution in [2.75, 3.05) is 13.1 Å². The van der Waals surface area contributed by atoms with Gasteiger partial charge in [0.2, 0.25) is 0 Å². The van der Waals surface area contributed by atoms with Crippen LogP contribution in [0.4, 0.5) is 0 Å². The standard InChI is InChI=1S/C16H20BrN3O.ClH/c1-11-10-15(16(21)19-9-3-8-18)12(2)20(11)14-6-4-13(17)5-7-14;/h4-7,10H,3,8-9,18H2,1-2H3,(H,19,21);1H. The van der Waals surface area contributed by atoms with Crippen LogP contribution in [0.25, 0.3) is 5.69 Å². The summed E-state index contributed by atoms with van der Waals surface area (Å²) < 4.78 is 3.12. The molecule has 1 aromatic carbocycles. The van der Waals surface area contributed by atoms with Crippen molar-refractivity contribution in [3.63, 3.8) is 0 Å². The summed E-state index contributed by atoms with van der Waals surface area (Å²) in [6.07, 6.45) is 0.789. The van der Waals surface area contributed by atoms with Crippen LogP contribution < -0.4 is 11.1 Å². The topological polar surface area (TPSA) is 60.1 Å². The summed E-state index contributed by atoms with van der Waals surface area (Å²) >= 11 is 3.44. The Kier molecular flexibility index (Phi) is 7.13. The number of nitrogens with one attached hydrogen (secondary N) is 1. The van der Waals surface area contributed by atoms with Crippen LogP contribution in [0.5, 0.6) is 0 Å². The molecule has 3 N–H and O–H groups in total. The normalized spacial score (nSPS) is 10.2. The molecule has 1 aromatic heterocycles. The first-order valence-electron chi connectivity index (χ1n) is 6.97. The van der Waals surface area contributed by atoms with E-state index >= 15 is 0 Å². The zero-order chi connectivity index (χ0) is 15.4. The summed E-state index contributed by atoms with van der Waals surface area (Å²) in [5, 5.41) is 2.90. The highest BCUT2D eigenvalue weighted by atomic mass is 79.9. The van der Waals surface area contributed by atoms with Gasteiger partial charge >= 0.3 is 0 Å². The third-order valence-corrected chi connectivity index (χ3v) is 3.96. The van der Waals surface area contributed by atoms with Crippen molar-refractivity contribution in [3.8, 4) is 5.69 Å². The van der Waals surface area contributed by atoms with Crippen LogP contribution in [0.15, 0.2) is 34.8 Å². The summed E-state index contributed by atoms with van der Waals surface area (Å²) in [6.45, 7) is 5.16. The fourth-order valence-corrected chi connectivity index (χ4v) is 2.64. The predicted octanol–water partition coefficient (Wildman–Crippen LogP) is 3.36. The second-order valence-corrected chi connectivity index (χ2v) is 5.91. The van der Waals surface area contributed by atoms with Crippen LogP contribution in [0.1, 0.15) is 28.2 Å². The number of nitrogens with two attached hydrogens (primary N) is 1. The summed E-state index contributed by atoms with van der Waals surface area (Å²) in [5.41, 5.74) is 9.19. The Bertz CT molecular complexity index is 638. The van der Waals surface area contributed by atoms with E-state index in [0.29, 0.717) is 18.7 Å². The lowest BCUT2D eigenvalue weighted by atomic mass is 10.2. The van der Waals surface area contributed by atoms with Crippen LogP contribution in [-0.4, -0.2) is 23.6 Å². The smallest absolute Gasteiger partial charge is 0.253 e. The molecule has 1 amide bonds. The van der Waals surface area contributed by atoms with Crippen LogP contribution in [-0.2, 0) is 0 Å². The molecule has 0 aliphatic carbocycles. The van der Waals surface area contributed by atoms with Gasteiger partial charge in [-0.05, 0) is 57.1 Å². The lowest BCUT2D eigenvalue weighted by Gasteiger charge is -2.10. The van der Waals surface area contributed by atoms with Crippen molar-refractivity contribution in [1.29, 1.82) is 0 Å². The highest BCUT2D eigenvalue weighted by molar-refractivity contribution is 9.10. The number of aromatic nitrogens is 1. The average Bonchev–Trinajstić information content (AvgIpc) is 2.76. The molecule has 0 atom stereocenters. The van der Waals surface area contributed by atoms with Crippen LogP contribution in [0.3, 0.4) is 0 Å². The third-order valence-electron chi connectivity index (χ3n) is 3.43. The van der Waals surface area contributed by atoms with Crippen molar-refractivity contribution >= 4 is 34.2 Å².